The Kier molecular flexibility index (Phi) is 6.72. The molecule has 0 saturated carbocycles. The molecule has 5 rings (SSSR count). The maximum absolute atomic E-state index is 13.6. The number of nitrogens with one attached hydrogen (secondary N) is 1. The van der Waals surface area contributed by atoms with Crippen LogP contribution in [0.3, 0.4) is 0 Å². The zero-order valence-electron chi connectivity index (χ0n) is 20.7. The van der Waals surface area contributed by atoms with E-state index in [9.17, 15) is 9.59 Å². The number of carbonyl (C=O) groups excluding carboxylic acids is 1. The van der Waals surface area contributed by atoms with E-state index in [1.807, 2.05) is 54.6 Å². The number of ether oxygens (including phenoxy) is 2. The Morgan fingerprint density at radius 1 is 1.03 bits per heavy atom. The third-order valence-corrected chi connectivity index (χ3v) is 6.86. The summed E-state index contributed by atoms with van der Waals surface area (Å²) < 4.78 is 10.9. The van der Waals surface area contributed by atoms with Crippen LogP contribution in [0.1, 0.15) is 36.9 Å². The van der Waals surface area contributed by atoms with Gasteiger partial charge >= 0.3 is 0 Å². The number of benzene rings is 3. The number of hydrogen-bond donors (Lipinski definition) is 1. The van der Waals surface area contributed by atoms with Crippen molar-refractivity contribution >= 4 is 34.1 Å². The fourth-order valence-corrected chi connectivity index (χ4v) is 4.93. The molecular weight excluding hydrogens is 490 g/mol. The number of hydrazone groups is 1. The third kappa shape index (κ3) is 4.47. The van der Waals surface area contributed by atoms with E-state index in [0.29, 0.717) is 34.2 Å². The molecule has 8 heteroatoms. The van der Waals surface area contributed by atoms with Crippen molar-refractivity contribution < 1.29 is 14.3 Å². The minimum atomic E-state index is -0.397. The maximum atomic E-state index is 13.6. The number of aromatic nitrogens is 1. The Labute approximate surface area is 219 Å². The van der Waals surface area contributed by atoms with Gasteiger partial charge in [-0.2, -0.15) is 5.10 Å². The second-order valence-electron chi connectivity index (χ2n) is 8.73. The molecule has 3 aromatic carbocycles. The van der Waals surface area contributed by atoms with Gasteiger partial charge in [0.05, 0.1) is 31.5 Å². The number of nitrogens with zero attached hydrogens (tertiary/aromatic N) is 2. The first-order chi connectivity index (χ1) is 17.9. The molecule has 4 aromatic rings. The smallest absolute Gasteiger partial charge is 0.258 e. The average Bonchev–Trinajstić information content (AvgIpc) is 3.37. The normalized spacial score (nSPS) is 15.1. The molecule has 2 heterocycles. The zero-order chi connectivity index (χ0) is 26.1. The molecule has 1 atom stereocenters. The maximum Gasteiger partial charge on any atom is 0.258 e. The highest BCUT2D eigenvalue weighted by atomic mass is 35.5. The summed E-state index contributed by atoms with van der Waals surface area (Å²) >= 11 is 6.16. The molecule has 37 heavy (non-hydrogen) atoms. The lowest BCUT2D eigenvalue weighted by molar-refractivity contribution is -0.132. The van der Waals surface area contributed by atoms with Crippen molar-refractivity contribution in [3.8, 4) is 22.6 Å². The molecule has 0 bridgehead atoms. The molecular formula is C29H26ClN3O4. The molecule has 1 N–H and O–H groups in total. The van der Waals surface area contributed by atoms with Crippen LogP contribution in [-0.2, 0) is 4.79 Å². The van der Waals surface area contributed by atoms with Gasteiger partial charge in [0.2, 0.25) is 5.91 Å². The number of H-pyrrole nitrogens is 1. The summed E-state index contributed by atoms with van der Waals surface area (Å²) in [5.74, 6) is 1.01. The summed E-state index contributed by atoms with van der Waals surface area (Å²) in [4.78, 5) is 29.6. The minimum Gasteiger partial charge on any atom is -0.493 e. The van der Waals surface area contributed by atoms with Gasteiger partial charge in [0.25, 0.3) is 5.56 Å². The number of para-hydroxylation sites is 1. The van der Waals surface area contributed by atoms with Crippen LogP contribution in [-0.4, -0.2) is 35.8 Å². The van der Waals surface area contributed by atoms with Crippen LogP contribution in [0.5, 0.6) is 11.5 Å². The highest BCUT2D eigenvalue weighted by Crippen LogP contribution is 2.39. The van der Waals surface area contributed by atoms with E-state index in [1.165, 1.54) is 5.01 Å². The number of pyridine rings is 1. The van der Waals surface area contributed by atoms with Crippen LogP contribution < -0.4 is 15.0 Å². The van der Waals surface area contributed by atoms with E-state index in [0.717, 1.165) is 27.6 Å². The summed E-state index contributed by atoms with van der Waals surface area (Å²) in [6.45, 7) is 1.80. The Bertz CT molecular complexity index is 1580. The van der Waals surface area contributed by atoms with Gasteiger partial charge in [0.1, 0.15) is 0 Å². The van der Waals surface area contributed by atoms with Gasteiger partial charge in [0.15, 0.2) is 11.5 Å². The summed E-state index contributed by atoms with van der Waals surface area (Å²) in [5.41, 5.74) is 3.87. The SMILES string of the molecule is CCC(=O)N1N=C(c2c(-c3ccc(Cl)cc3)c3ccccc3[nH]c2=O)C[C@@H]1c1ccc(OC)c(OC)c1. The topological polar surface area (TPSA) is 84.0 Å². The zero-order valence-corrected chi connectivity index (χ0v) is 21.5. The predicted octanol–water partition coefficient (Wildman–Crippen LogP) is 5.95. The molecule has 0 radical (unpaired) electrons. The number of methoxy groups -OCH3 is 2. The van der Waals surface area contributed by atoms with Crippen LogP contribution in [0.15, 0.2) is 76.6 Å². The molecule has 188 valence electrons. The Morgan fingerprint density at radius 3 is 2.46 bits per heavy atom. The molecule has 1 amide bonds. The largest absolute Gasteiger partial charge is 0.493 e. The number of rotatable bonds is 6. The second-order valence-corrected chi connectivity index (χ2v) is 9.17. The molecule has 0 unspecified atom stereocenters. The van der Waals surface area contributed by atoms with Crippen molar-refractivity contribution in [2.45, 2.75) is 25.8 Å². The van der Waals surface area contributed by atoms with E-state index < -0.39 is 6.04 Å². The first-order valence-corrected chi connectivity index (χ1v) is 12.4. The van der Waals surface area contributed by atoms with Crippen LogP contribution in [0, 0.1) is 0 Å². The number of amides is 1. The van der Waals surface area contributed by atoms with Crippen molar-refractivity contribution in [1.82, 2.24) is 9.99 Å². The third-order valence-electron chi connectivity index (χ3n) is 6.60. The van der Waals surface area contributed by atoms with Gasteiger partial charge in [-0.1, -0.05) is 54.9 Å². The van der Waals surface area contributed by atoms with Gasteiger partial charge < -0.3 is 14.5 Å². The number of carbonyl (C=O) groups is 1. The lowest BCUT2D eigenvalue weighted by Gasteiger charge is -2.22. The summed E-state index contributed by atoms with van der Waals surface area (Å²) in [5, 5.41) is 7.70. The Hall–Kier alpha value is -4.10. The van der Waals surface area contributed by atoms with Crippen molar-refractivity contribution in [1.29, 1.82) is 0 Å². The van der Waals surface area contributed by atoms with Crippen molar-refractivity contribution in [2.24, 2.45) is 5.10 Å². The molecule has 1 aliphatic heterocycles. The number of aromatic amines is 1. The van der Waals surface area contributed by atoms with Crippen LogP contribution in [0.4, 0.5) is 0 Å². The lowest BCUT2D eigenvalue weighted by atomic mass is 9.91. The quantitative estimate of drug-likeness (QED) is 0.344. The average molecular weight is 516 g/mol. The van der Waals surface area contributed by atoms with Gasteiger partial charge in [-0.05, 0) is 41.5 Å². The number of halogens is 1. The van der Waals surface area contributed by atoms with Gasteiger partial charge in [-0.3, -0.25) is 9.59 Å². The number of hydrogen-bond acceptors (Lipinski definition) is 5. The summed E-state index contributed by atoms with van der Waals surface area (Å²) in [7, 11) is 3.14. The standard InChI is InChI=1S/C29H26ClN3O4/c1-4-26(34)33-23(18-11-14-24(36-2)25(15-18)37-3)16-22(32-33)28-27(17-9-12-19(30)13-10-17)20-7-5-6-8-21(20)31-29(28)35/h5-15,23H,4,16H2,1-3H3,(H,31,35)/t23-/m1/s1. The van der Waals surface area contributed by atoms with Gasteiger partial charge in [0, 0.05) is 34.3 Å². The molecule has 0 aliphatic carbocycles. The van der Waals surface area contributed by atoms with E-state index in [-0.39, 0.29) is 17.9 Å². The van der Waals surface area contributed by atoms with E-state index in [2.05, 4.69) is 4.98 Å². The molecule has 0 saturated heterocycles. The first-order valence-electron chi connectivity index (χ1n) is 12.0. The highest BCUT2D eigenvalue weighted by Gasteiger charge is 2.35. The Balaban J connectivity index is 1.70. The predicted molar refractivity (Wildman–Crippen MR) is 146 cm³/mol. The van der Waals surface area contributed by atoms with Crippen molar-refractivity contribution in [3.63, 3.8) is 0 Å². The van der Waals surface area contributed by atoms with Crippen molar-refractivity contribution in [2.75, 3.05) is 14.2 Å². The van der Waals surface area contributed by atoms with E-state index in [4.69, 9.17) is 26.2 Å². The van der Waals surface area contributed by atoms with E-state index in [1.54, 1.807) is 33.3 Å². The molecule has 0 spiro atoms. The Morgan fingerprint density at radius 2 is 1.76 bits per heavy atom. The lowest BCUT2D eigenvalue weighted by Crippen LogP contribution is -2.26. The van der Waals surface area contributed by atoms with Gasteiger partial charge in [-0.15, -0.1) is 0 Å². The fourth-order valence-electron chi connectivity index (χ4n) is 4.81. The highest BCUT2D eigenvalue weighted by molar-refractivity contribution is 6.30. The fraction of sp³-hybridized carbons (Fsp3) is 0.207. The monoisotopic (exact) mass is 515 g/mol. The summed E-state index contributed by atoms with van der Waals surface area (Å²) in [6.07, 6.45) is 0.641. The summed E-state index contributed by atoms with van der Waals surface area (Å²) in [6, 6.07) is 20.2. The van der Waals surface area contributed by atoms with Crippen LogP contribution in [0.25, 0.3) is 22.0 Å². The van der Waals surface area contributed by atoms with Crippen LogP contribution in [0.2, 0.25) is 5.02 Å². The molecule has 1 aliphatic rings. The van der Waals surface area contributed by atoms with E-state index >= 15 is 0 Å². The van der Waals surface area contributed by atoms with Gasteiger partial charge in [-0.25, -0.2) is 5.01 Å². The first kappa shape index (κ1) is 24.6. The number of fused-ring (bicyclic) bond motifs is 1. The minimum absolute atomic E-state index is 0.139. The second kappa shape index (κ2) is 10.1. The molecule has 1 aromatic heterocycles. The van der Waals surface area contributed by atoms with Crippen molar-refractivity contribution in [3.05, 3.63) is 93.2 Å². The molecule has 7 nitrogen and oxygen atoms in total. The molecule has 0 fully saturated rings. The van der Waals surface area contributed by atoms with Crippen LogP contribution >= 0.6 is 11.6 Å².